The predicted molar refractivity (Wildman–Crippen MR) is 178 cm³/mol. The molecule has 2 aliphatic rings. The zero-order valence-corrected chi connectivity index (χ0v) is 24.4. The summed E-state index contributed by atoms with van der Waals surface area (Å²) in [7, 11) is 0. The van der Waals surface area contributed by atoms with Crippen molar-refractivity contribution in [3.63, 3.8) is 0 Å². The molecule has 0 fully saturated rings. The van der Waals surface area contributed by atoms with Gasteiger partial charge in [0.05, 0.1) is 22.8 Å². The third-order valence-corrected chi connectivity index (χ3v) is 8.11. The summed E-state index contributed by atoms with van der Waals surface area (Å²) in [5.74, 6) is 0.532. The molecule has 2 N–H and O–H groups in total. The van der Waals surface area contributed by atoms with E-state index in [0.29, 0.717) is 0 Å². The fourth-order valence-electron chi connectivity index (χ4n) is 6.28. The van der Waals surface area contributed by atoms with Gasteiger partial charge in [-0.1, -0.05) is 88.4 Å². The average Bonchev–Trinajstić information content (AvgIpc) is 3.80. The van der Waals surface area contributed by atoms with E-state index in [4.69, 9.17) is 9.97 Å². The molecule has 5 aromatic rings. The highest BCUT2D eigenvalue weighted by molar-refractivity contribution is 5.94. The van der Waals surface area contributed by atoms with Gasteiger partial charge < -0.3 is 9.97 Å². The minimum Gasteiger partial charge on any atom is -0.355 e. The van der Waals surface area contributed by atoms with Crippen LogP contribution in [0.15, 0.2) is 84.9 Å². The van der Waals surface area contributed by atoms with Gasteiger partial charge in [-0.2, -0.15) is 0 Å². The molecule has 4 nitrogen and oxygen atoms in total. The Morgan fingerprint density at radius 2 is 0.786 bits per heavy atom. The van der Waals surface area contributed by atoms with Crippen molar-refractivity contribution in [2.75, 3.05) is 0 Å². The molecule has 0 aliphatic carbocycles. The monoisotopic (exact) mass is 546 g/mol. The van der Waals surface area contributed by atoms with Crippen LogP contribution in [0.25, 0.3) is 68.6 Å². The van der Waals surface area contributed by atoms with E-state index >= 15 is 0 Å². The second-order valence-corrected chi connectivity index (χ2v) is 11.6. The first-order chi connectivity index (χ1) is 20.5. The molecular weight excluding hydrogens is 512 g/mol. The molecule has 7 rings (SSSR count). The fourth-order valence-corrected chi connectivity index (χ4v) is 6.28. The Kier molecular flexibility index (Phi) is 6.47. The van der Waals surface area contributed by atoms with Crippen LogP contribution < -0.4 is 0 Å². The molecule has 3 aromatic heterocycles. The summed E-state index contributed by atoms with van der Waals surface area (Å²) >= 11 is 0. The number of nitrogens with zero attached hydrogens (tertiary/aromatic N) is 2. The Bertz CT molecular complexity index is 1870. The second kappa shape index (κ2) is 10.5. The van der Waals surface area contributed by atoms with Crippen LogP contribution in [0.5, 0.6) is 0 Å². The molecule has 0 amide bonds. The zero-order chi connectivity index (χ0) is 28.8. The van der Waals surface area contributed by atoms with Crippen LogP contribution in [-0.2, 0) is 0 Å². The normalized spacial score (nSPS) is 12.5. The maximum atomic E-state index is 5.27. The highest BCUT2D eigenvalue weighted by Gasteiger charge is 2.19. The number of benzene rings is 2. The number of aromatic amines is 2. The number of fused-ring (bicyclic) bond motifs is 8. The van der Waals surface area contributed by atoms with Crippen LogP contribution in [0.4, 0.5) is 0 Å². The summed E-state index contributed by atoms with van der Waals surface area (Å²) < 4.78 is 0. The van der Waals surface area contributed by atoms with Gasteiger partial charge in [-0.3, -0.25) is 0 Å². The van der Waals surface area contributed by atoms with Crippen molar-refractivity contribution < 1.29 is 0 Å². The van der Waals surface area contributed by atoms with E-state index in [2.05, 4.69) is 147 Å². The lowest BCUT2D eigenvalue weighted by atomic mass is 10.0. The molecule has 0 spiro atoms. The van der Waals surface area contributed by atoms with E-state index in [0.717, 1.165) is 67.1 Å². The number of aromatic nitrogens is 4. The molecule has 5 heterocycles. The highest BCUT2D eigenvalue weighted by atomic mass is 14.8. The molecule has 206 valence electrons. The minimum absolute atomic E-state index is 0.266. The van der Waals surface area contributed by atoms with E-state index in [1.807, 2.05) is 0 Å². The number of H-pyrrole nitrogens is 2. The Hall–Kier alpha value is -4.96. The van der Waals surface area contributed by atoms with Gasteiger partial charge in [0.1, 0.15) is 0 Å². The average molecular weight is 547 g/mol. The SMILES string of the molecule is CC(C)c1c2nc(c(-c3ccccc3)c3ccc([nH]3)c(C(C)C)c3nc(c(-c4ccccc4)c4ccc1[nH]4)C=C3)C=C2. The van der Waals surface area contributed by atoms with Crippen LogP contribution in [0.2, 0.25) is 0 Å². The van der Waals surface area contributed by atoms with Crippen LogP contribution >= 0.6 is 0 Å². The standard InChI is InChI=1S/C38H34N4/c1-23(2)35-27-15-19-31(39-27)37(25-11-7-5-8-12-25)33-21-17-29(41-33)36(24(3)4)30-18-22-34(42-30)38(26-13-9-6-10-14-26)32-20-16-28(35)40-32/h5-24,39,42H,1-4H3. The maximum Gasteiger partial charge on any atom is 0.0737 e. The quantitative estimate of drug-likeness (QED) is 0.231. The molecule has 8 bridgehead atoms. The van der Waals surface area contributed by atoms with Crippen LogP contribution in [0.3, 0.4) is 0 Å². The minimum atomic E-state index is 0.266. The van der Waals surface area contributed by atoms with Gasteiger partial charge in [0.2, 0.25) is 0 Å². The molecule has 0 saturated carbocycles. The van der Waals surface area contributed by atoms with Crippen LogP contribution in [0.1, 0.15) is 73.4 Å². The number of hydrogen-bond donors (Lipinski definition) is 2. The topological polar surface area (TPSA) is 57.4 Å². The van der Waals surface area contributed by atoms with Crippen molar-refractivity contribution in [3.8, 4) is 22.3 Å². The Labute approximate surface area is 246 Å². The lowest BCUT2D eigenvalue weighted by molar-refractivity contribution is 0.864. The van der Waals surface area contributed by atoms with Gasteiger partial charge in [0, 0.05) is 44.3 Å². The number of nitrogens with one attached hydrogen (secondary N) is 2. The first-order valence-corrected chi connectivity index (χ1v) is 14.7. The predicted octanol–water partition coefficient (Wildman–Crippen LogP) is 10.2. The smallest absolute Gasteiger partial charge is 0.0737 e. The van der Waals surface area contributed by atoms with E-state index in [1.165, 1.54) is 11.1 Å². The van der Waals surface area contributed by atoms with Gasteiger partial charge in [-0.25, -0.2) is 9.97 Å². The Balaban J connectivity index is 1.69. The summed E-state index contributed by atoms with van der Waals surface area (Å²) in [6.45, 7) is 8.94. The van der Waals surface area contributed by atoms with Crippen molar-refractivity contribution in [1.82, 2.24) is 19.9 Å². The molecule has 0 radical (unpaired) electrons. The van der Waals surface area contributed by atoms with Crippen molar-refractivity contribution in [1.29, 1.82) is 0 Å². The third-order valence-electron chi connectivity index (χ3n) is 8.11. The fraction of sp³-hybridized carbons (Fsp3) is 0.158. The van der Waals surface area contributed by atoms with E-state index in [-0.39, 0.29) is 11.8 Å². The molecule has 0 saturated heterocycles. The summed E-state index contributed by atoms with van der Waals surface area (Å²) in [4.78, 5) is 18.1. The lowest BCUT2D eigenvalue weighted by Gasteiger charge is -2.08. The van der Waals surface area contributed by atoms with Crippen LogP contribution in [-0.4, -0.2) is 19.9 Å². The molecule has 2 aromatic carbocycles. The Morgan fingerprint density at radius 3 is 1.17 bits per heavy atom. The first-order valence-electron chi connectivity index (χ1n) is 14.7. The zero-order valence-electron chi connectivity index (χ0n) is 24.4. The Morgan fingerprint density at radius 1 is 0.429 bits per heavy atom. The van der Waals surface area contributed by atoms with Crippen molar-refractivity contribution in [2.24, 2.45) is 0 Å². The number of hydrogen-bond acceptors (Lipinski definition) is 2. The summed E-state index contributed by atoms with van der Waals surface area (Å²) in [6.07, 6.45) is 8.63. The number of rotatable bonds is 4. The molecule has 0 unspecified atom stereocenters. The van der Waals surface area contributed by atoms with E-state index < -0.39 is 0 Å². The van der Waals surface area contributed by atoms with Crippen molar-refractivity contribution in [3.05, 3.63) is 119 Å². The van der Waals surface area contributed by atoms with Crippen LogP contribution in [0, 0.1) is 0 Å². The lowest BCUT2D eigenvalue weighted by Crippen LogP contribution is -1.94. The summed E-state index contributed by atoms with van der Waals surface area (Å²) in [6, 6.07) is 29.8. The molecule has 0 atom stereocenters. The highest BCUT2D eigenvalue weighted by Crippen LogP contribution is 2.36. The second-order valence-electron chi connectivity index (χ2n) is 11.6. The van der Waals surface area contributed by atoms with Gasteiger partial charge in [0.15, 0.2) is 0 Å². The summed E-state index contributed by atoms with van der Waals surface area (Å²) in [5.41, 5.74) is 15.0. The molecule has 42 heavy (non-hydrogen) atoms. The molecular formula is C38H34N4. The van der Waals surface area contributed by atoms with Gasteiger partial charge in [-0.15, -0.1) is 0 Å². The van der Waals surface area contributed by atoms with Gasteiger partial charge in [-0.05, 0) is 71.5 Å². The van der Waals surface area contributed by atoms with Gasteiger partial charge in [0.25, 0.3) is 0 Å². The molecule has 2 aliphatic heterocycles. The maximum absolute atomic E-state index is 5.27. The summed E-state index contributed by atoms with van der Waals surface area (Å²) in [5, 5.41) is 0. The largest absolute Gasteiger partial charge is 0.355 e. The van der Waals surface area contributed by atoms with Crippen molar-refractivity contribution >= 4 is 46.4 Å². The van der Waals surface area contributed by atoms with Gasteiger partial charge >= 0.3 is 0 Å². The third kappa shape index (κ3) is 4.50. The first kappa shape index (κ1) is 26.0. The molecule has 4 heteroatoms. The van der Waals surface area contributed by atoms with Crippen molar-refractivity contribution in [2.45, 2.75) is 39.5 Å². The van der Waals surface area contributed by atoms with E-state index in [1.54, 1.807) is 0 Å². The van der Waals surface area contributed by atoms with E-state index in [9.17, 15) is 0 Å².